The predicted octanol–water partition coefficient (Wildman–Crippen LogP) is 12.8. The zero-order valence-electron chi connectivity index (χ0n) is 29.6. The highest BCUT2D eigenvalue weighted by molar-refractivity contribution is 6.15. The highest BCUT2D eigenvalue weighted by atomic mass is 14.9. The Morgan fingerprint density at radius 3 is 1.68 bits per heavy atom. The molecule has 2 heterocycles. The highest BCUT2D eigenvalue weighted by Crippen LogP contribution is 2.54. The van der Waals surface area contributed by atoms with Gasteiger partial charge >= 0.3 is 0 Å². The number of rotatable bonds is 5. The van der Waals surface area contributed by atoms with Crippen molar-refractivity contribution in [3.8, 4) is 67.4 Å². The summed E-state index contributed by atoms with van der Waals surface area (Å²) < 4.78 is 0. The van der Waals surface area contributed by atoms with E-state index in [4.69, 9.17) is 15.0 Å². The zero-order valence-corrected chi connectivity index (χ0v) is 29.6. The summed E-state index contributed by atoms with van der Waals surface area (Å²) in [5.41, 5.74) is 15.3. The minimum Gasteiger partial charge on any atom is -0.247 e. The van der Waals surface area contributed by atoms with Crippen LogP contribution in [0.5, 0.6) is 0 Å². The van der Waals surface area contributed by atoms with Crippen molar-refractivity contribution in [3.05, 3.63) is 187 Å². The summed E-state index contributed by atoms with van der Waals surface area (Å²) in [6.45, 7) is 4.68. The van der Waals surface area contributed by atoms with Crippen molar-refractivity contribution >= 4 is 21.7 Å². The van der Waals surface area contributed by atoms with Crippen LogP contribution in [0.3, 0.4) is 0 Å². The maximum Gasteiger partial charge on any atom is 0.160 e. The molecule has 0 bridgehead atoms. The van der Waals surface area contributed by atoms with Crippen molar-refractivity contribution in [2.24, 2.45) is 0 Å². The van der Waals surface area contributed by atoms with Gasteiger partial charge in [0.15, 0.2) is 5.82 Å². The standard InChI is InChI=1S/C50H35N3/c1-50(2)41-20-12-11-19-40(41)48-47(50)45(46-39-18-10-9-15-34(39)29-30-42(46)51-48)37-27-25-36(26-28-37)44-31-43(52-49(53-44)38-16-7-4-8-17-38)35-23-21-33(22-24-35)32-13-5-3-6-14-32/h3-31H,1-2H3. The molecule has 9 aromatic rings. The van der Waals surface area contributed by atoms with E-state index in [9.17, 15) is 0 Å². The molecule has 1 aliphatic rings. The Balaban J connectivity index is 1.14. The Bertz CT molecular complexity index is 2820. The zero-order chi connectivity index (χ0) is 35.5. The maximum atomic E-state index is 5.38. The normalized spacial score (nSPS) is 12.9. The number of pyridine rings is 1. The van der Waals surface area contributed by atoms with Gasteiger partial charge in [-0.25, -0.2) is 15.0 Å². The number of hydrogen-bond donors (Lipinski definition) is 0. The van der Waals surface area contributed by atoms with E-state index in [1.54, 1.807) is 0 Å². The van der Waals surface area contributed by atoms with Crippen molar-refractivity contribution in [1.82, 2.24) is 15.0 Å². The van der Waals surface area contributed by atoms with Crippen molar-refractivity contribution in [2.75, 3.05) is 0 Å². The van der Waals surface area contributed by atoms with Crippen LogP contribution in [0.4, 0.5) is 0 Å². The number of hydrogen-bond acceptors (Lipinski definition) is 3. The Morgan fingerprint density at radius 1 is 0.434 bits per heavy atom. The van der Waals surface area contributed by atoms with Gasteiger partial charge in [0.25, 0.3) is 0 Å². The molecular formula is C50H35N3. The van der Waals surface area contributed by atoms with E-state index in [1.807, 2.05) is 24.3 Å². The Morgan fingerprint density at radius 2 is 0.981 bits per heavy atom. The van der Waals surface area contributed by atoms with E-state index in [-0.39, 0.29) is 5.41 Å². The van der Waals surface area contributed by atoms with Gasteiger partial charge in [-0.3, -0.25) is 0 Å². The smallest absolute Gasteiger partial charge is 0.160 e. The third-order valence-electron chi connectivity index (χ3n) is 10.9. The summed E-state index contributed by atoms with van der Waals surface area (Å²) >= 11 is 0. The summed E-state index contributed by atoms with van der Waals surface area (Å²) in [6, 6.07) is 62.3. The molecule has 0 amide bonds. The monoisotopic (exact) mass is 677 g/mol. The van der Waals surface area contributed by atoms with Gasteiger partial charge in [0.2, 0.25) is 0 Å². The fourth-order valence-electron chi connectivity index (χ4n) is 8.23. The first kappa shape index (κ1) is 31.1. The Labute approximate surface area is 309 Å². The minimum absolute atomic E-state index is 0.222. The molecule has 3 heteroatoms. The molecule has 2 aromatic heterocycles. The molecular weight excluding hydrogens is 643 g/mol. The van der Waals surface area contributed by atoms with Crippen LogP contribution >= 0.6 is 0 Å². The van der Waals surface area contributed by atoms with Gasteiger partial charge in [-0.2, -0.15) is 0 Å². The van der Waals surface area contributed by atoms with Crippen LogP contribution in [0.2, 0.25) is 0 Å². The summed E-state index contributed by atoms with van der Waals surface area (Å²) in [5.74, 6) is 0.707. The van der Waals surface area contributed by atoms with Gasteiger partial charge in [0.05, 0.1) is 22.6 Å². The molecule has 0 saturated carbocycles. The molecule has 0 unspecified atom stereocenters. The highest BCUT2D eigenvalue weighted by Gasteiger charge is 2.39. The van der Waals surface area contributed by atoms with E-state index in [1.165, 1.54) is 55.1 Å². The second-order valence-electron chi connectivity index (χ2n) is 14.4. The number of fused-ring (bicyclic) bond motifs is 6. The van der Waals surface area contributed by atoms with Gasteiger partial charge in [-0.1, -0.05) is 178 Å². The second kappa shape index (κ2) is 12.2. The fraction of sp³-hybridized carbons (Fsp3) is 0.0600. The van der Waals surface area contributed by atoms with Gasteiger partial charge in [0.1, 0.15) is 0 Å². The molecule has 0 radical (unpaired) electrons. The van der Waals surface area contributed by atoms with E-state index < -0.39 is 0 Å². The molecule has 0 N–H and O–H groups in total. The number of nitrogens with zero attached hydrogens (tertiary/aromatic N) is 3. The second-order valence-corrected chi connectivity index (χ2v) is 14.4. The first-order valence-corrected chi connectivity index (χ1v) is 18.2. The van der Waals surface area contributed by atoms with Crippen LogP contribution < -0.4 is 0 Å². The SMILES string of the molecule is CC1(C)c2ccccc2-c2nc3ccc4ccccc4c3c(-c3ccc(-c4cc(-c5ccc(-c6ccccc6)cc5)nc(-c5ccccc5)n4)cc3)c21. The summed E-state index contributed by atoms with van der Waals surface area (Å²) in [4.78, 5) is 15.6. The van der Waals surface area contributed by atoms with Crippen molar-refractivity contribution in [2.45, 2.75) is 19.3 Å². The van der Waals surface area contributed by atoms with Crippen molar-refractivity contribution in [3.63, 3.8) is 0 Å². The largest absolute Gasteiger partial charge is 0.247 e. The molecule has 7 aromatic carbocycles. The third-order valence-corrected chi connectivity index (χ3v) is 10.9. The molecule has 0 aliphatic heterocycles. The molecule has 0 fully saturated rings. The van der Waals surface area contributed by atoms with Crippen LogP contribution in [0.1, 0.15) is 25.0 Å². The van der Waals surface area contributed by atoms with Crippen LogP contribution in [-0.4, -0.2) is 15.0 Å². The van der Waals surface area contributed by atoms with Crippen molar-refractivity contribution < 1.29 is 0 Å². The quantitative estimate of drug-likeness (QED) is 0.170. The topological polar surface area (TPSA) is 38.7 Å². The van der Waals surface area contributed by atoms with E-state index >= 15 is 0 Å². The summed E-state index contributed by atoms with van der Waals surface area (Å²) in [6.07, 6.45) is 0. The predicted molar refractivity (Wildman–Crippen MR) is 220 cm³/mol. The Kier molecular flexibility index (Phi) is 7.16. The molecule has 0 atom stereocenters. The fourth-order valence-corrected chi connectivity index (χ4v) is 8.23. The van der Waals surface area contributed by atoms with Crippen LogP contribution in [0.15, 0.2) is 176 Å². The lowest BCUT2D eigenvalue weighted by Crippen LogP contribution is -2.16. The molecule has 10 rings (SSSR count). The molecule has 1 aliphatic carbocycles. The lowest BCUT2D eigenvalue weighted by atomic mass is 9.78. The first-order chi connectivity index (χ1) is 26.0. The van der Waals surface area contributed by atoms with Crippen LogP contribution in [-0.2, 0) is 5.41 Å². The van der Waals surface area contributed by atoms with Gasteiger partial charge < -0.3 is 0 Å². The number of aromatic nitrogens is 3. The van der Waals surface area contributed by atoms with Gasteiger partial charge in [0, 0.05) is 33.1 Å². The van der Waals surface area contributed by atoms with Gasteiger partial charge in [-0.05, 0) is 56.3 Å². The lowest BCUT2D eigenvalue weighted by Gasteiger charge is -2.25. The third kappa shape index (κ3) is 5.16. The van der Waals surface area contributed by atoms with E-state index in [0.717, 1.165) is 39.3 Å². The summed E-state index contributed by atoms with van der Waals surface area (Å²) in [7, 11) is 0. The first-order valence-electron chi connectivity index (χ1n) is 18.2. The van der Waals surface area contributed by atoms with Crippen molar-refractivity contribution in [1.29, 1.82) is 0 Å². The molecule has 250 valence electrons. The lowest BCUT2D eigenvalue weighted by molar-refractivity contribution is 0.662. The van der Waals surface area contributed by atoms with Gasteiger partial charge in [-0.15, -0.1) is 0 Å². The molecule has 3 nitrogen and oxygen atoms in total. The molecule has 0 spiro atoms. The minimum atomic E-state index is -0.222. The molecule has 53 heavy (non-hydrogen) atoms. The Hall–Kier alpha value is -6.71. The van der Waals surface area contributed by atoms with E-state index in [2.05, 4.69) is 166 Å². The maximum absolute atomic E-state index is 5.38. The average molecular weight is 678 g/mol. The van der Waals surface area contributed by atoms with E-state index in [0.29, 0.717) is 5.82 Å². The van der Waals surface area contributed by atoms with Crippen LogP contribution in [0, 0.1) is 0 Å². The van der Waals surface area contributed by atoms with Crippen LogP contribution in [0.25, 0.3) is 89.1 Å². The number of benzene rings is 7. The average Bonchev–Trinajstić information content (AvgIpc) is 3.46. The summed E-state index contributed by atoms with van der Waals surface area (Å²) in [5, 5.41) is 3.63. The molecule has 0 saturated heterocycles.